The molecule has 5 heteroatoms. The van der Waals surface area contributed by atoms with Crippen molar-refractivity contribution in [1.29, 1.82) is 0 Å². The Bertz CT molecular complexity index is 841. The second-order valence-corrected chi connectivity index (χ2v) is 7.44. The number of fused-ring (bicyclic) bond motifs is 2. The highest BCUT2D eigenvalue weighted by molar-refractivity contribution is 7.15. The number of thiazole rings is 1. The minimum atomic E-state index is 0.0703. The minimum Gasteiger partial charge on any atom is -0.361 e. The summed E-state index contributed by atoms with van der Waals surface area (Å²) in [6.07, 6.45) is 8.97. The van der Waals surface area contributed by atoms with Gasteiger partial charge in [0.25, 0.3) is 0 Å². The lowest BCUT2D eigenvalue weighted by atomic mass is 10.0. The number of para-hydroxylation sites is 1. The first-order valence-corrected chi connectivity index (χ1v) is 9.44. The van der Waals surface area contributed by atoms with Crippen LogP contribution in [0.5, 0.6) is 0 Å². The molecule has 0 atom stereocenters. The Kier molecular flexibility index (Phi) is 4.34. The molecule has 124 valence electrons. The molecule has 0 bridgehead atoms. The molecule has 1 aliphatic carbocycles. The van der Waals surface area contributed by atoms with Gasteiger partial charge in [-0.1, -0.05) is 18.2 Å². The molecule has 0 aliphatic heterocycles. The van der Waals surface area contributed by atoms with Gasteiger partial charge in [-0.3, -0.25) is 4.79 Å². The number of nitrogens with zero attached hydrogens (tertiary/aromatic N) is 1. The lowest BCUT2D eigenvalue weighted by Gasteiger charge is -2.06. The maximum atomic E-state index is 12.2. The molecule has 0 spiro atoms. The van der Waals surface area contributed by atoms with Crippen LogP contribution in [0.3, 0.4) is 0 Å². The molecule has 2 aromatic heterocycles. The van der Waals surface area contributed by atoms with Crippen LogP contribution in [0.4, 0.5) is 5.13 Å². The Morgan fingerprint density at radius 3 is 3.04 bits per heavy atom. The van der Waals surface area contributed by atoms with E-state index >= 15 is 0 Å². The highest BCUT2D eigenvalue weighted by Crippen LogP contribution is 2.29. The van der Waals surface area contributed by atoms with Crippen molar-refractivity contribution in [2.75, 3.05) is 5.32 Å². The molecule has 1 amide bonds. The average Bonchev–Trinajstić information content (AvgIpc) is 3.18. The number of anilines is 1. The Hall–Kier alpha value is -2.14. The molecule has 0 unspecified atom stereocenters. The topological polar surface area (TPSA) is 57.8 Å². The van der Waals surface area contributed by atoms with E-state index in [1.165, 1.54) is 34.4 Å². The zero-order valence-corrected chi connectivity index (χ0v) is 14.4. The second kappa shape index (κ2) is 6.77. The first-order chi connectivity index (χ1) is 11.8. The molecular weight excluding hydrogens is 318 g/mol. The first-order valence-electron chi connectivity index (χ1n) is 8.63. The molecular formula is C19H21N3OS. The van der Waals surface area contributed by atoms with E-state index in [0.29, 0.717) is 6.42 Å². The van der Waals surface area contributed by atoms with Crippen LogP contribution < -0.4 is 5.32 Å². The van der Waals surface area contributed by atoms with Gasteiger partial charge in [0.15, 0.2) is 5.13 Å². The van der Waals surface area contributed by atoms with Crippen LogP contribution in [0.15, 0.2) is 30.5 Å². The Balaban J connectivity index is 1.31. The van der Waals surface area contributed by atoms with Crippen molar-refractivity contribution in [3.63, 3.8) is 0 Å². The van der Waals surface area contributed by atoms with Crippen LogP contribution in [-0.2, 0) is 24.1 Å². The van der Waals surface area contributed by atoms with E-state index in [0.717, 1.165) is 36.3 Å². The van der Waals surface area contributed by atoms with Gasteiger partial charge in [-0.15, -0.1) is 11.3 Å². The number of rotatable bonds is 5. The van der Waals surface area contributed by atoms with Crippen molar-refractivity contribution in [2.45, 2.75) is 44.9 Å². The largest absolute Gasteiger partial charge is 0.361 e. The van der Waals surface area contributed by atoms with Gasteiger partial charge in [-0.25, -0.2) is 4.98 Å². The monoisotopic (exact) mass is 339 g/mol. The molecule has 0 radical (unpaired) electrons. The maximum Gasteiger partial charge on any atom is 0.226 e. The van der Waals surface area contributed by atoms with Gasteiger partial charge < -0.3 is 10.3 Å². The summed E-state index contributed by atoms with van der Waals surface area (Å²) < 4.78 is 0. The Morgan fingerprint density at radius 1 is 1.25 bits per heavy atom. The smallest absolute Gasteiger partial charge is 0.226 e. The van der Waals surface area contributed by atoms with Crippen LogP contribution in [0.1, 0.15) is 41.8 Å². The number of nitrogens with one attached hydrogen (secondary N) is 2. The van der Waals surface area contributed by atoms with Crippen LogP contribution in [0, 0.1) is 0 Å². The molecule has 4 rings (SSSR count). The van der Waals surface area contributed by atoms with E-state index in [2.05, 4.69) is 39.7 Å². The number of carbonyl (C=O) groups excluding carboxylic acids is 1. The van der Waals surface area contributed by atoms with Gasteiger partial charge in [-0.05, 0) is 50.2 Å². The predicted octanol–water partition coefficient (Wildman–Crippen LogP) is 4.46. The number of H-pyrrole nitrogens is 1. The zero-order chi connectivity index (χ0) is 16.4. The van der Waals surface area contributed by atoms with Gasteiger partial charge in [0.05, 0.1) is 5.69 Å². The summed E-state index contributed by atoms with van der Waals surface area (Å²) in [6, 6.07) is 8.29. The van der Waals surface area contributed by atoms with Crippen molar-refractivity contribution in [2.24, 2.45) is 0 Å². The average molecular weight is 339 g/mol. The molecule has 1 aliphatic rings. The highest BCUT2D eigenvalue weighted by Gasteiger charge is 2.16. The number of hydrogen-bond acceptors (Lipinski definition) is 3. The van der Waals surface area contributed by atoms with Gasteiger partial charge in [0, 0.05) is 28.4 Å². The van der Waals surface area contributed by atoms with Gasteiger partial charge >= 0.3 is 0 Å². The number of benzene rings is 1. The predicted molar refractivity (Wildman–Crippen MR) is 98.6 cm³/mol. The van der Waals surface area contributed by atoms with E-state index < -0.39 is 0 Å². The van der Waals surface area contributed by atoms with Crippen molar-refractivity contribution in [1.82, 2.24) is 9.97 Å². The zero-order valence-electron chi connectivity index (χ0n) is 13.6. The fourth-order valence-corrected chi connectivity index (χ4v) is 4.43. The molecule has 0 saturated heterocycles. The van der Waals surface area contributed by atoms with Crippen LogP contribution >= 0.6 is 11.3 Å². The van der Waals surface area contributed by atoms with Crippen molar-refractivity contribution >= 4 is 33.3 Å². The Morgan fingerprint density at radius 2 is 2.12 bits per heavy atom. The summed E-state index contributed by atoms with van der Waals surface area (Å²) in [6.45, 7) is 0. The van der Waals surface area contributed by atoms with Gasteiger partial charge in [-0.2, -0.15) is 0 Å². The summed E-state index contributed by atoms with van der Waals surface area (Å²) >= 11 is 1.65. The quantitative estimate of drug-likeness (QED) is 0.721. The molecule has 1 aromatic carbocycles. The molecule has 2 N–H and O–H groups in total. The summed E-state index contributed by atoms with van der Waals surface area (Å²) in [4.78, 5) is 21.4. The fraction of sp³-hybridized carbons (Fsp3) is 0.368. The summed E-state index contributed by atoms with van der Waals surface area (Å²) in [7, 11) is 0. The molecule has 4 nitrogen and oxygen atoms in total. The number of aryl methyl sites for hydroxylation is 3. The Labute approximate surface area is 145 Å². The van der Waals surface area contributed by atoms with E-state index in [1.807, 2.05) is 6.07 Å². The van der Waals surface area contributed by atoms with Crippen LogP contribution in [-0.4, -0.2) is 15.9 Å². The van der Waals surface area contributed by atoms with Crippen molar-refractivity contribution in [3.8, 4) is 0 Å². The molecule has 0 fully saturated rings. The lowest BCUT2D eigenvalue weighted by Crippen LogP contribution is -2.11. The highest BCUT2D eigenvalue weighted by atomic mass is 32.1. The van der Waals surface area contributed by atoms with E-state index in [-0.39, 0.29) is 5.91 Å². The first kappa shape index (κ1) is 15.4. The standard InChI is InChI=1S/C19H21N3OS/c23-18(22-19-21-16-9-3-4-10-17(16)24-19)11-5-6-13-12-20-15-8-2-1-7-14(13)15/h1-2,7-8,12,20H,3-6,9-11H2,(H,21,22,23). The third-order valence-corrected chi connectivity index (χ3v) is 5.69. The number of aromatic amines is 1. The second-order valence-electron chi connectivity index (χ2n) is 6.36. The third-order valence-electron chi connectivity index (χ3n) is 4.62. The van der Waals surface area contributed by atoms with E-state index in [9.17, 15) is 4.79 Å². The van der Waals surface area contributed by atoms with Crippen LogP contribution in [0.25, 0.3) is 10.9 Å². The van der Waals surface area contributed by atoms with Crippen molar-refractivity contribution in [3.05, 3.63) is 46.6 Å². The lowest BCUT2D eigenvalue weighted by molar-refractivity contribution is -0.116. The number of hydrogen-bond donors (Lipinski definition) is 2. The van der Waals surface area contributed by atoms with E-state index in [1.54, 1.807) is 11.3 Å². The summed E-state index contributed by atoms with van der Waals surface area (Å²) in [5, 5.41) is 5.01. The fourth-order valence-electron chi connectivity index (χ4n) is 3.37. The molecule has 3 aromatic rings. The normalized spacial score (nSPS) is 13.8. The number of carbonyl (C=O) groups is 1. The molecule has 2 heterocycles. The maximum absolute atomic E-state index is 12.2. The minimum absolute atomic E-state index is 0.0703. The SMILES string of the molecule is O=C(CCCc1c[nH]c2ccccc12)Nc1nc2c(s1)CCCC2. The number of amides is 1. The van der Waals surface area contributed by atoms with Gasteiger partial charge in [0.2, 0.25) is 5.91 Å². The molecule has 0 saturated carbocycles. The molecule has 24 heavy (non-hydrogen) atoms. The van der Waals surface area contributed by atoms with Gasteiger partial charge in [0.1, 0.15) is 0 Å². The van der Waals surface area contributed by atoms with Crippen molar-refractivity contribution < 1.29 is 4.79 Å². The van der Waals surface area contributed by atoms with E-state index in [4.69, 9.17) is 0 Å². The summed E-state index contributed by atoms with van der Waals surface area (Å²) in [5.74, 6) is 0.0703. The third kappa shape index (κ3) is 3.22. The van der Waals surface area contributed by atoms with Crippen LogP contribution in [0.2, 0.25) is 0 Å². The number of aromatic nitrogens is 2. The summed E-state index contributed by atoms with van der Waals surface area (Å²) in [5.41, 5.74) is 3.63.